The molecule has 0 amide bonds. The highest BCUT2D eigenvalue weighted by Crippen LogP contribution is 2.55. The van der Waals surface area contributed by atoms with Crippen molar-refractivity contribution >= 4 is 39.3 Å². The molecule has 1 N–H and O–H groups in total. The second-order valence-corrected chi connectivity index (χ2v) is 8.28. The molecular formula is C21H18BrClN2. The van der Waals surface area contributed by atoms with E-state index in [1.807, 2.05) is 24.3 Å². The van der Waals surface area contributed by atoms with Crippen molar-refractivity contribution in [1.82, 2.24) is 0 Å². The lowest BCUT2D eigenvalue weighted by atomic mass is 9.65. The Hall–Kier alpha value is -1.76. The summed E-state index contributed by atoms with van der Waals surface area (Å²) < 4.78 is 1.25. The van der Waals surface area contributed by atoms with Gasteiger partial charge < -0.3 is 5.32 Å². The molecule has 0 aromatic heterocycles. The van der Waals surface area contributed by atoms with Crippen LogP contribution >= 0.6 is 27.5 Å². The van der Waals surface area contributed by atoms with E-state index in [1.54, 1.807) is 0 Å². The Morgan fingerprint density at radius 2 is 1.80 bits per heavy atom. The summed E-state index contributed by atoms with van der Waals surface area (Å²) in [6, 6.07) is 18.7. The van der Waals surface area contributed by atoms with E-state index >= 15 is 0 Å². The molecule has 2 aliphatic carbocycles. The Kier molecular flexibility index (Phi) is 4.14. The number of rotatable bonds is 2. The number of anilines is 1. The van der Waals surface area contributed by atoms with Crippen LogP contribution in [0.2, 0.25) is 5.02 Å². The van der Waals surface area contributed by atoms with Gasteiger partial charge in [-0.05, 0) is 61.1 Å². The van der Waals surface area contributed by atoms with Crippen molar-refractivity contribution in [3.05, 3.63) is 69.2 Å². The lowest BCUT2D eigenvalue weighted by molar-refractivity contribution is 0.295. The van der Waals surface area contributed by atoms with Crippen LogP contribution in [0.15, 0.2) is 53.0 Å². The SMILES string of the molecule is N#CC1(Nc2cccc(Cl)c2)CCC2(CC1)C(Br)=Cc1ccccc12. The van der Waals surface area contributed by atoms with E-state index in [0.29, 0.717) is 5.02 Å². The van der Waals surface area contributed by atoms with Crippen molar-refractivity contribution in [2.45, 2.75) is 36.6 Å². The Labute approximate surface area is 161 Å². The van der Waals surface area contributed by atoms with Crippen LogP contribution in [0.3, 0.4) is 0 Å². The Bertz CT molecular complexity index is 889. The average Bonchev–Trinajstić information content (AvgIpc) is 2.89. The van der Waals surface area contributed by atoms with Crippen molar-refractivity contribution in [3.8, 4) is 6.07 Å². The fourth-order valence-corrected chi connectivity index (χ4v) is 5.23. The zero-order valence-electron chi connectivity index (χ0n) is 13.7. The molecule has 2 aliphatic rings. The molecule has 0 atom stereocenters. The van der Waals surface area contributed by atoms with E-state index in [1.165, 1.54) is 15.6 Å². The maximum atomic E-state index is 9.89. The van der Waals surface area contributed by atoms with Gasteiger partial charge in [0.15, 0.2) is 0 Å². The molecule has 0 heterocycles. The van der Waals surface area contributed by atoms with Gasteiger partial charge in [0.1, 0.15) is 5.54 Å². The van der Waals surface area contributed by atoms with Crippen LogP contribution in [0.25, 0.3) is 6.08 Å². The van der Waals surface area contributed by atoms with Gasteiger partial charge in [-0.25, -0.2) is 0 Å². The van der Waals surface area contributed by atoms with Gasteiger partial charge in [-0.1, -0.05) is 57.9 Å². The molecule has 0 radical (unpaired) electrons. The summed E-state index contributed by atoms with van der Waals surface area (Å²) in [4.78, 5) is 0. The van der Waals surface area contributed by atoms with Crippen LogP contribution in [0.5, 0.6) is 0 Å². The fourth-order valence-electron chi connectivity index (χ4n) is 4.18. The minimum Gasteiger partial charge on any atom is -0.367 e. The number of fused-ring (bicyclic) bond motifs is 2. The van der Waals surface area contributed by atoms with Crippen LogP contribution in [0.1, 0.15) is 36.8 Å². The van der Waals surface area contributed by atoms with E-state index in [0.717, 1.165) is 31.4 Å². The molecule has 2 aromatic carbocycles. The normalized spacial score (nSPS) is 27.5. The smallest absolute Gasteiger partial charge is 0.125 e. The molecule has 2 aromatic rings. The van der Waals surface area contributed by atoms with Crippen molar-refractivity contribution in [3.63, 3.8) is 0 Å². The number of benzene rings is 2. The summed E-state index contributed by atoms with van der Waals surface area (Å²) >= 11 is 9.90. The maximum absolute atomic E-state index is 9.89. The molecular weight excluding hydrogens is 396 g/mol. The van der Waals surface area contributed by atoms with E-state index < -0.39 is 5.54 Å². The molecule has 4 heteroatoms. The minimum atomic E-state index is -0.541. The minimum absolute atomic E-state index is 0.0208. The topological polar surface area (TPSA) is 35.8 Å². The van der Waals surface area contributed by atoms with Gasteiger partial charge in [-0.2, -0.15) is 5.26 Å². The second kappa shape index (κ2) is 6.20. The number of allylic oxidation sites excluding steroid dienone is 1. The quantitative estimate of drug-likeness (QED) is 0.629. The third-order valence-electron chi connectivity index (χ3n) is 5.60. The van der Waals surface area contributed by atoms with E-state index in [2.05, 4.69) is 57.7 Å². The van der Waals surface area contributed by atoms with Crippen LogP contribution in [0.4, 0.5) is 5.69 Å². The van der Waals surface area contributed by atoms with Gasteiger partial charge in [0.25, 0.3) is 0 Å². The summed E-state index contributed by atoms with van der Waals surface area (Å²) in [6.07, 6.45) is 5.73. The van der Waals surface area contributed by atoms with Gasteiger partial charge in [-0.15, -0.1) is 0 Å². The summed E-state index contributed by atoms with van der Waals surface area (Å²) in [5.74, 6) is 0. The highest BCUT2D eigenvalue weighted by molar-refractivity contribution is 9.11. The van der Waals surface area contributed by atoms with Crippen molar-refractivity contribution < 1.29 is 0 Å². The first-order valence-corrected chi connectivity index (χ1v) is 9.66. The molecule has 25 heavy (non-hydrogen) atoms. The number of hydrogen-bond acceptors (Lipinski definition) is 2. The molecule has 1 fully saturated rings. The number of hydrogen-bond donors (Lipinski definition) is 1. The highest BCUT2D eigenvalue weighted by Gasteiger charge is 2.48. The monoisotopic (exact) mass is 412 g/mol. The Balaban J connectivity index is 1.60. The number of nitrogens with one attached hydrogen (secondary N) is 1. The van der Waals surface area contributed by atoms with Crippen molar-refractivity contribution in [2.24, 2.45) is 0 Å². The van der Waals surface area contributed by atoms with Crippen LogP contribution < -0.4 is 5.32 Å². The zero-order valence-corrected chi connectivity index (χ0v) is 16.1. The predicted octanol–water partition coefficient (Wildman–Crippen LogP) is 6.28. The number of nitrogens with zero attached hydrogens (tertiary/aromatic N) is 1. The average molecular weight is 414 g/mol. The highest BCUT2D eigenvalue weighted by atomic mass is 79.9. The van der Waals surface area contributed by atoms with Crippen molar-refractivity contribution in [2.75, 3.05) is 5.32 Å². The maximum Gasteiger partial charge on any atom is 0.125 e. The van der Waals surface area contributed by atoms with Gasteiger partial charge in [-0.3, -0.25) is 0 Å². The molecule has 1 spiro atoms. The fraction of sp³-hybridized carbons (Fsp3) is 0.286. The molecule has 0 saturated heterocycles. The van der Waals surface area contributed by atoms with Gasteiger partial charge >= 0.3 is 0 Å². The largest absolute Gasteiger partial charge is 0.367 e. The Morgan fingerprint density at radius 3 is 2.52 bits per heavy atom. The van der Waals surface area contributed by atoms with Crippen LogP contribution in [-0.2, 0) is 5.41 Å². The number of halogens is 2. The van der Waals surface area contributed by atoms with E-state index in [-0.39, 0.29) is 5.41 Å². The Morgan fingerprint density at radius 1 is 1.04 bits per heavy atom. The third-order valence-corrected chi connectivity index (χ3v) is 6.82. The molecule has 0 unspecified atom stereocenters. The number of nitriles is 1. The first-order valence-electron chi connectivity index (χ1n) is 8.49. The second-order valence-electron chi connectivity index (χ2n) is 6.99. The first-order chi connectivity index (χ1) is 12.1. The summed E-state index contributed by atoms with van der Waals surface area (Å²) in [5.41, 5.74) is 3.07. The summed E-state index contributed by atoms with van der Waals surface area (Å²) in [6.45, 7) is 0. The molecule has 1 saturated carbocycles. The van der Waals surface area contributed by atoms with E-state index in [9.17, 15) is 5.26 Å². The first kappa shape index (κ1) is 16.7. The standard InChI is InChI=1S/C21H18BrClN2/c22-19-12-15-4-1-2-7-18(15)21(19)10-8-20(14-24,9-11-21)25-17-6-3-5-16(23)13-17/h1-7,12-13,25H,8-11H2. The summed E-state index contributed by atoms with van der Waals surface area (Å²) in [5, 5.41) is 14.0. The molecule has 4 rings (SSSR count). The summed E-state index contributed by atoms with van der Waals surface area (Å²) in [7, 11) is 0. The lowest BCUT2D eigenvalue weighted by Crippen LogP contribution is -2.45. The van der Waals surface area contributed by atoms with Gasteiger partial charge in [0.2, 0.25) is 0 Å². The van der Waals surface area contributed by atoms with Crippen molar-refractivity contribution in [1.29, 1.82) is 5.26 Å². The van der Waals surface area contributed by atoms with Gasteiger partial charge in [0.05, 0.1) is 6.07 Å². The lowest BCUT2D eigenvalue weighted by Gasteiger charge is -2.43. The van der Waals surface area contributed by atoms with E-state index in [4.69, 9.17) is 11.6 Å². The predicted molar refractivity (Wildman–Crippen MR) is 107 cm³/mol. The van der Waals surface area contributed by atoms with Gasteiger partial charge in [0, 0.05) is 20.6 Å². The molecule has 0 bridgehead atoms. The zero-order chi connectivity index (χ0) is 17.5. The van der Waals surface area contributed by atoms with Crippen LogP contribution in [-0.4, -0.2) is 5.54 Å². The van der Waals surface area contributed by atoms with Crippen LogP contribution in [0, 0.1) is 11.3 Å². The third kappa shape index (κ3) is 2.78. The molecule has 2 nitrogen and oxygen atoms in total. The molecule has 0 aliphatic heterocycles. The molecule has 126 valence electrons.